The first-order chi connectivity index (χ1) is 16.4. The van der Waals surface area contributed by atoms with Gasteiger partial charge < -0.3 is 14.9 Å². The monoisotopic (exact) mass is 493 g/mol. The van der Waals surface area contributed by atoms with Crippen LogP contribution in [0.15, 0.2) is 42.6 Å². The van der Waals surface area contributed by atoms with Crippen LogP contribution in [0.4, 0.5) is 5.95 Å². The van der Waals surface area contributed by atoms with E-state index in [0.29, 0.717) is 11.0 Å². The highest BCUT2D eigenvalue weighted by Crippen LogP contribution is 2.40. The summed E-state index contributed by atoms with van der Waals surface area (Å²) in [7, 11) is 2.12. The molecule has 0 spiro atoms. The maximum atomic E-state index is 11.7. The van der Waals surface area contributed by atoms with Crippen molar-refractivity contribution in [3.05, 3.63) is 58.7 Å². The number of halogens is 1. The normalized spacial score (nSPS) is 14.6. The minimum absolute atomic E-state index is 0.0615. The molecule has 0 aliphatic carbocycles. The van der Waals surface area contributed by atoms with Gasteiger partial charge in [0.2, 0.25) is 5.95 Å². The molecule has 0 atom stereocenters. The Balaban J connectivity index is 1.62. The molecule has 174 valence electrons. The van der Waals surface area contributed by atoms with Crippen molar-refractivity contribution in [3.8, 4) is 21.8 Å². The summed E-state index contributed by atoms with van der Waals surface area (Å²) < 4.78 is 0.943. The lowest BCUT2D eigenvalue weighted by Crippen LogP contribution is -2.45. The molecule has 1 N–H and O–H groups in total. The number of benzene rings is 2. The predicted molar refractivity (Wildman–Crippen MR) is 137 cm³/mol. The zero-order chi connectivity index (χ0) is 23.8. The van der Waals surface area contributed by atoms with Gasteiger partial charge in [-0.15, -0.1) is 11.3 Å². The number of aromatic nitrogens is 3. The fourth-order valence-electron chi connectivity index (χ4n) is 4.27. The van der Waals surface area contributed by atoms with Crippen molar-refractivity contribution in [3.63, 3.8) is 0 Å². The molecule has 1 aliphatic rings. The Kier molecular flexibility index (Phi) is 6.20. The first-order valence-electron chi connectivity index (χ1n) is 11.1. The summed E-state index contributed by atoms with van der Waals surface area (Å²) in [4.78, 5) is 30.4. The second-order valence-corrected chi connectivity index (χ2v) is 9.96. The minimum atomic E-state index is -0.866. The molecule has 1 fully saturated rings. The predicted octanol–water partition coefficient (Wildman–Crippen LogP) is 4.76. The second-order valence-electron chi connectivity index (χ2n) is 8.52. The summed E-state index contributed by atoms with van der Waals surface area (Å²) >= 11 is 7.65. The Morgan fingerprint density at radius 3 is 2.56 bits per heavy atom. The van der Waals surface area contributed by atoms with Crippen LogP contribution in [0, 0.1) is 6.92 Å². The quantitative estimate of drug-likeness (QED) is 0.429. The highest BCUT2D eigenvalue weighted by atomic mass is 35.5. The largest absolute Gasteiger partial charge is 0.481 e. The van der Waals surface area contributed by atoms with Crippen molar-refractivity contribution in [1.29, 1.82) is 0 Å². The minimum Gasteiger partial charge on any atom is -0.481 e. The van der Waals surface area contributed by atoms with E-state index in [2.05, 4.69) is 21.8 Å². The lowest BCUT2D eigenvalue weighted by Gasteiger charge is -2.32. The molecule has 0 amide bonds. The van der Waals surface area contributed by atoms with E-state index in [1.54, 1.807) is 6.20 Å². The first-order valence-corrected chi connectivity index (χ1v) is 12.3. The molecule has 7 nitrogen and oxygen atoms in total. The van der Waals surface area contributed by atoms with Crippen LogP contribution in [0.1, 0.15) is 11.1 Å². The van der Waals surface area contributed by atoms with Gasteiger partial charge in [-0.3, -0.25) is 4.79 Å². The molecule has 4 aromatic rings. The van der Waals surface area contributed by atoms with Gasteiger partial charge in [-0.05, 0) is 54.9 Å². The average Bonchev–Trinajstić information content (AvgIpc) is 3.24. The van der Waals surface area contributed by atoms with Crippen LogP contribution in [-0.4, -0.2) is 64.2 Å². The zero-order valence-electron chi connectivity index (χ0n) is 19.0. The van der Waals surface area contributed by atoms with Crippen molar-refractivity contribution in [1.82, 2.24) is 19.9 Å². The van der Waals surface area contributed by atoms with E-state index >= 15 is 0 Å². The number of thiazole rings is 1. The van der Waals surface area contributed by atoms with Crippen molar-refractivity contribution in [2.75, 3.05) is 38.1 Å². The fraction of sp³-hybridized carbons (Fsp3) is 0.280. The SMILES string of the molecule is Cc1cc2nc(-c3ccnc(N4CCN(C)CC4)n3)sc2c(-c2ccc(Cl)cc2)c1CC(=O)O. The smallest absolute Gasteiger partial charge is 0.307 e. The lowest BCUT2D eigenvalue weighted by molar-refractivity contribution is -0.136. The Morgan fingerprint density at radius 1 is 1.12 bits per heavy atom. The number of piperazine rings is 1. The molecule has 0 saturated carbocycles. The summed E-state index contributed by atoms with van der Waals surface area (Å²) in [5.41, 5.74) is 5.10. The highest BCUT2D eigenvalue weighted by Gasteiger charge is 2.21. The number of nitrogens with zero attached hydrogens (tertiary/aromatic N) is 5. The van der Waals surface area contributed by atoms with Gasteiger partial charge >= 0.3 is 5.97 Å². The molecule has 0 unspecified atom stereocenters. The van der Waals surface area contributed by atoms with E-state index in [0.717, 1.165) is 69.4 Å². The maximum Gasteiger partial charge on any atom is 0.307 e. The van der Waals surface area contributed by atoms with Crippen molar-refractivity contribution in [2.24, 2.45) is 0 Å². The molecule has 2 aromatic carbocycles. The van der Waals surface area contributed by atoms with E-state index in [-0.39, 0.29) is 6.42 Å². The topological polar surface area (TPSA) is 82.5 Å². The molecule has 3 heterocycles. The molecule has 0 bridgehead atoms. The molecule has 1 aliphatic heterocycles. The van der Waals surface area contributed by atoms with Gasteiger partial charge in [0.05, 0.1) is 16.6 Å². The number of anilines is 1. The Hall–Kier alpha value is -3.07. The number of likely N-dealkylation sites (N-methyl/N-ethyl adjacent to an activating group) is 1. The van der Waals surface area contributed by atoms with Crippen LogP contribution in [0.25, 0.3) is 32.0 Å². The average molecular weight is 494 g/mol. The third-order valence-corrected chi connectivity index (χ3v) is 7.48. The van der Waals surface area contributed by atoms with Crippen molar-refractivity contribution >= 4 is 45.1 Å². The van der Waals surface area contributed by atoms with Gasteiger partial charge in [0.15, 0.2) is 0 Å². The molecule has 1 saturated heterocycles. The number of rotatable bonds is 5. The van der Waals surface area contributed by atoms with Crippen molar-refractivity contribution < 1.29 is 9.90 Å². The molecule has 34 heavy (non-hydrogen) atoms. The molecule has 9 heteroatoms. The molecule has 5 rings (SSSR count). The number of hydrogen-bond donors (Lipinski definition) is 1. The van der Waals surface area contributed by atoms with Crippen LogP contribution < -0.4 is 4.90 Å². The van der Waals surface area contributed by atoms with E-state index in [1.165, 1.54) is 11.3 Å². The van der Waals surface area contributed by atoms with Crippen LogP contribution in [0.3, 0.4) is 0 Å². The van der Waals surface area contributed by atoms with E-state index in [9.17, 15) is 9.90 Å². The van der Waals surface area contributed by atoms with Gasteiger partial charge in [-0.25, -0.2) is 15.0 Å². The van der Waals surface area contributed by atoms with Crippen LogP contribution >= 0.6 is 22.9 Å². The number of hydrogen-bond acceptors (Lipinski definition) is 7. The van der Waals surface area contributed by atoms with Crippen LogP contribution in [0.2, 0.25) is 5.02 Å². The Bertz CT molecular complexity index is 1360. The second kappa shape index (κ2) is 9.29. The number of carboxylic acid groups (broad SMARTS) is 1. The third-order valence-electron chi connectivity index (χ3n) is 6.12. The standard InChI is InChI=1S/C25H24ClN5O2S/c1-15-13-20-23(22(18(15)14-21(32)33)16-3-5-17(26)6-4-16)34-24(28-20)19-7-8-27-25(29-19)31-11-9-30(2)10-12-31/h3-8,13H,9-12,14H2,1-2H3,(H,32,33). The molecule has 0 radical (unpaired) electrons. The van der Waals surface area contributed by atoms with Crippen LogP contribution in [0.5, 0.6) is 0 Å². The van der Waals surface area contributed by atoms with E-state index in [4.69, 9.17) is 21.6 Å². The summed E-state index contributed by atoms with van der Waals surface area (Å²) in [6.07, 6.45) is 1.72. The third kappa shape index (κ3) is 4.49. The van der Waals surface area contributed by atoms with Gasteiger partial charge in [-0.1, -0.05) is 23.7 Å². The van der Waals surface area contributed by atoms with Crippen LogP contribution in [-0.2, 0) is 11.2 Å². The maximum absolute atomic E-state index is 11.7. The van der Waals surface area contributed by atoms with Gasteiger partial charge in [0.25, 0.3) is 0 Å². The zero-order valence-corrected chi connectivity index (χ0v) is 20.5. The lowest BCUT2D eigenvalue weighted by atomic mass is 9.93. The first kappa shape index (κ1) is 22.7. The van der Waals surface area contributed by atoms with E-state index in [1.807, 2.05) is 43.3 Å². The number of aryl methyl sites for hydroxylation is 1. The summed E-state index contributed by atoms with van der Waals surface area (Å²) in [6, 6.07) is 11.4. The summed E-state index contributed by atoms with van der Waals surface area (Å²) in [6.45, 7) is 5.67. The summed E-state index contributed by atoms with van der Waals surface area (Å²) in [5.74, 6) is -0.152. The van der Waals surface area contributed by atoms with Gasteiger partial charge in [0.1, 0.15) is 10.7 Å². The molecule has 2 aromatic heterocycles. The Morgan fingerprint density at radius 2 is 1.85 bits per heavy atom. The number of fused-ring (bicyclic) bond motifs is 1. The molecular formula is C25H24ClN5O2S. The summed E-state index contributed by atoms with van der Waals surface area (Å²) in [5, 5.41) is 11.0. The van der Waals surface area contributed by atoms with Crippen molar-refractivity contribution in [2.45, 2.75) is 13.3 Å². The number of carboxylic acids is 1. The fourth-order valence-corrected chi connectivity index (χ4v) is 5.51. The Labute approximate surface area is 206 Å². The highest BCUT2D eigenvalue weighted by molar-refractivity contribution is 7.22. The number of carbonyl (C=O) groups is 1. The molecular weight excluding hydrogens is 470 g/mol. The van der Waals surface area contributed by atoms with E-state index < -0.39 is 5.97 Å². The number of aliphatic carboxylic acids is 1. The van der Waals surface area contributed by atoms with Gasteiger partial charge in [0, 0.05) is 43.0 Å². The van der Waals surface area contributed by atoms with Gasteiger partial charge in [-0.2, -0.15) is 0 Å².